The van der Waals surface area contributed by atoms with E-state index in [-0.39, 0.29) is 11.4 Å². The summed E-state index contributed by atoms with van der Waals surface area (Å²) in [6, 6.07) is 8.28. The van der Waals surface area contributed by atoms with Crippen LogP contribution < -0.4 is 14.4 Å². The average molecular weight is 336 g/mol. The number of aryl methyl sites for hydroxylation is 1. The molecule has 1 heterocycles. The first-order chi connectivity index (χ1) is 10.8. The molecule has 1 aromatic carbocycles. The molecule has 2 rings (SSSR count). The van der Waals surface area contributed by atoms with Crippen LogP contribution in [0.25, 0.3) is 0 Å². The maximum atomic E-state index is 12.4. The molecule has 0 unspecified atom stereocenters. The van der Waals surface area contributed by atoms with E-state index in [9.17, 15) is 8.42 Å². The van der Waals surface area contributed by atoms with Gasteiger partial charge in [0.1, 0.15) is 22.3 Å². The first-order valence-corrected chi connectivity index (χ1v) is 8.46. The first kappa shape index (κ1) is 17.2. The molecule has 0 saturated carbocycles. The zero-order valence-electron chi connectivity index (χ0n) is 13.6. The van der Waals surface area contributed by atoms with Crippen molar-refractivity contribution >= 4 is 15.8 Å². The number of methoxy groups -OCH3 is 1. The van der Waals surface area contributed by atoms with E-state index in [4.69, 9.17) is 4.74 Å². The summed E-state index contributed by atoms with van der Waals surface area (Å²) in [6.07, 6.45) is 0. The lowest BCUT2D eigenvalue weighted by Gasteiger charge is -2.14. The highest BCUT2D eigenvalue weighted by atomic mass is 32.2. The number of anilines is 1. The highest BCUT2D eigenvalue weighted by molar-refractivity contribution is 7.89. The number of hydrogen-bond acceptors (Lipinski definition) is 6. The summed E-state index contributed by atoms with van der Waals surface area (Å²) >= 11 is 0. The monoisotopic (exact) mass is 336 g/mol. The van der Waals surface area contributed by atoms with Gasteiger partial charge in [-0.1, -0.05) is 12.1 Å². The Kier molecular flexibility index (Phi) is 5.17. The second kappa shape index (κ2) is 6.93. The smallest absolute Gasteiger partial charge is 0.244 e. The molecular formula is C15H20N4O3S. The summed E-state index contributed by atoms with van der Waals surface area (Å²) in [5.74, 6) is 1.43. The van der Waals surface area contributed by atoms with Gasteiger partial charge in [0.2, 0.25) is 10.0 Å². The summed E-state index contributed by atoms with van der Waals surface area (Å²) in [5, 5.41) is 0. The molecular weight excluding hydrogens is 316 g/mol. The Balaban J connectivity index is 2.23. The molecule has 124 valence electrons. The molecule has 0 aliphatic heterocycles. The van der Waals surface area contributed by atoms with Gasteiger partial charge in [-0.3, -0.25) is 0 Å². The molecule has 1 N–H and O–H groups in total. The Morgan fingerprint density at radius 1 is 1.22 bits per heavy atom. The summed E-state index contributed by atoms with van der Waals surface area (Å²) in [4.78, 5) is 10.5. The first-order valence-electron chi connectivity index (χ1n) is 6.98. The van der Waals surface area contributed by atoms with Crippen LogP contribution in [0.4, 0.5) is 5.82 Å². The second-order valence-electron chi connectivity index (χ2n) is 5.15. The van der Waals surface area contributed by atoms with Crippen molar-refractivity contribution in [3.8, 4) is 5.75 Å². The van der Waals surface area contributed by atoms with Crippen molar-refractivity contribution in [2.45, 2.75) is 18.4 Å². The molecule has 1 aromatic heterocycles. The average Bonchev–Trinajstić information content (AvgIpc) is 2.52. The van der Waals surface area contributed by atoms with E-state index >= 15 is 0 Å². The maximum Gasteiger partial charge on any atom is 0.244 e. The summed E-state index contributed by atoms with van der Waals surface area (Å²) < 4.78 is 32.5. The van der Waals surface area contributed by atoms with Crippen LogP contribution in [0.15, 0.2) is 35.2 Å². The van der Waals surface area contributed by atoms with E-state index in [1.165, 1.54) is 13.2 Å². The zero-order valence-corrected chi connectivity index (χ0v) is 14.4. The van der Waals surface area contributed by atoms with Crippen LogP contribution in [0.3, 0.4) is 0 Å². The molecule has 0 saturated heterocycles. The number of benzene rings is 1. The Morgan fingerprint density at radius 2 is 1.91 bits per heavy atom. The van der Waals surface area contributed by atoms with Gasteiger partial charge in [-0.2, -0.15) is 0 Å². The van der Waals surface area contributed by atoms with Gasteiger partial charge in [0.25, 0.3) is 0 Å². The van der Waals surface area contributed by atoms with E-state index in [1.807, 2.05) is 32.0 Å². The fourth-order valence-corrected chi connectivity index (χ4v) is 3.15. The van der Waals surface area contributed by atoms with Crippen molar-refractivity contribution in [2.75, 3.05) is 26.1 Å². The van der Waals surface area contributed by atoms with E-state index in [0.717, 1.165) is 11.5 Å². The predicted molar refractivity (Wildman–Crippen MR) is 88.1 cm³/mol. The van der Waals surface area contributed by atoms with Gasteiger partial charge in [0.05, 0.1) is 13.7 Å². The summed E-state index contributed by atoms with van der Waals surface area (Å²) in [7, 11) is 1.45. The minimum atomic E-state index is -3.72. The van der Waals surface area contributed by atoms with Gasteiger partial charge < -0.3 is 9.64 Å². The number of nitrogens with one attached hydrogen (secondary N) is 1. The van der Waals surface area contributed by atoms with Crippen LogP contribution in [0.1, 0.15) is 11.5 Å². The minimum absolute atomic E-state index is 0.00288. The Bertz CT molecular complexity index is 791. The highest BCUT2D eigenvalue weighted by Gasteiger charge is 2.19. The summed E-state index contributed by atoms with van der Waals surface area (Å²) in [6.45, 7) is 1.84. The largest absolute Gasteiger partial charge is 0.495 e. The lowest BCUT2D eigenvalue weighted by atomic mass is 10.3. The number of rotatable bonds is 6. The topological polar surface area (TPSA) is 84.4 Å². The molecule has 2 aromatic rings. The number of sulfonamides is 1. The van der Waals surface area contributed by atoms with Gasteiger partial charge in [0.15, 0.2) is 0 Å². The van der Waals surface area contributed by atoms with Gasteiger partial charge in [-0.15, -0.1) is 0 Å². The number of ether oxygens (including phenoxy) is 1. The fourth-order valence-electron chi connectivity index (χ4n) is 2.00. The van der Waals surface area contributed by atoms with E-state index in [0.29, 0.717) is 11.6 Å². The van der Waals surface area contributed by atoms with Crippen LogP contribution in [0.2, 0.25) is 0 Å². The van der Waals surface area contributed by atoms with Gasteiger partial charge >= 0.3 is 0 Å². The zero-order chi connectivity index (χ0) is 17.0. The third-order valence-electron chi connectivity index (χ3n) is 3.12. The van der Waals surface area contributed by atoms with Crippen LogP contribution in [0, 0.1) is 6.92 Å². The summed E-state index contributed by atoms with van der Waals surface area (Å²) in [5.41, 5.74) is 0.773. The molecule has 0 spiro atoms. The molecule has 0 aliphatic carbocycles. The number of aromatic nitrogens is 2. The molecule has 23 heavy (non-hydrogen) atoms. The SMILES string of the molecule is COc1ccccc1S(=O)(=O)NCc1nc(C)cc(N(C)C)n1. The fraction of sp³-hybridized carbons (Fsp3) is 0.333. The van der Waals surface area contributed by atoms with Crippen LogP contribution in [-0.2, 0) is 16.6 Å². The van der Waals surface area contributed by atoms with Gasteiger partial charge in [0, 0.05) is 25.9 Å². The van der Waals surface area contributed by atoms with Crippen molar-refractivity contribution in [1.29, 1.82) is 0 Å². The standard InChI is InChI=1S/C15H20N4O3S/c1-11-9-15(19(2)3)18-14(17-11)10-16-23(20,21)13-8-6-5-7-12(13)22-4/h5-9,16H,10H2,1-4H3. The minimum Gasteiger partial charge on any atom is -0.495 e. The maximum absolute atomic E-state index is 12.4. The van der Waals surface area contributed by atoms with Crippen molar-refractivity contribution in [3.63, 3.8) is 0 Å². The number of hydrogen-bond donors (Lipinski definition) is 1. The lowest BCUT2D eigenvalue weighted by Crippen LogP contribution is -2.25. The quantitative estimate of drug-likeness (QED) is 0.857. The van der Waals surface area contributed by atoms with Crippen molar-refractivity contribution in [3.05, 3.63) is 41.9 Å². The highest BCUT2D eigenvalue weighted by Crippen LogP contribution is 2.22. The van der Waals surface area contributed by atoms with E-state index in [2.05, 4.69) is 14.7 Å². The second-order valence-corrected chi connectivity index (χ2v) is 6.89. The molecule has 0 fully saturated rings. The van der Waals surface area contributed by atoms with Crippen LogP contribution in [0.5, 0.6) is 5.75 Å². The molecule has 0 amide bonds. The molecule has 0 bridgehead atoms. The third-order valence-corrected chi connectivity index (χ3v) is 4.56. The van der Waals surface area contributed by atoms with E-state index in [1.54, 1.807) is 18.2 Å². The van der Waals surface area contributed by atoms with Crippen molar-refractivity contribution in [2.24, 2.45) is 0 Å². The molecule has 0 atom stereocenters. The molecule has 0 radical (unpaired) electrons. The molecule has 8 heteroatoms. The van der Waals surface area contributed by atoms with Crippen LogP contribution in [-0.4, -0.2) is 39.6 Å². The Labute approximate surface area is 136 Å². The normalized spacial score (nSPS) is 11.3. The van der Waals surface area contributed by atoms with E-state index < -0.39 is 10.0 Å². The number of para-hydroxylation sites is 1. The van der Waals surface area contributed by atoms with Crippen molar-refractivity contribution < 1.29 is 13.2 Å². The number of nitrogens with zero attached hydrogens (tertiary/aromatic N) is 3. The third kappa shape index (κ3) is 4.17. The Hall–Kier alpha value is -2.19. The van der Waals surface area contributed by atoms with Gasteiger partial charge in [-0.05, 0) is 19.1 Å². The van der Waals surface area contributed by atoms with Gasteiger partial charge in [-0.25, -0.2) is 23.1 Å². The van der Waals surface area contributed by atoms with Crippen LogP contribution >= 0.6 is 0 Å². The molecule has 7 nitrogen and oxygen atoms in total. The van der Waals surface area contributed by atoms with Crippen molar-refractivity contribution in [1.82, 2.24) is 14.7 Å². The lowest BCUT2D eigenvalue weighted by molar-refractivity contribution is 0.402. The predicted octanol–water partition coefficient (Wildman–Crippen LogP) is 1.34. The Morgan fingerprint density at radius 3 is 2.57 bits per heavy atom. The molecule has 0 aliphatic rings.